The Morgan fingerprint density at radius 3 is 2.86 bits per heavy atom. The van der Waals surface area contributed by atoms with Crippen molar-refractivity contribution in [2.75, 3.05) is 18.5 Å². The van der Waals surface area contributed by atoms with E-state index in [1.165, 1.54) is 0 Å². The molecule has 0 saturated heterocycles. The van der Waals surface area contributed by atoms with Crippen LogP contribution in [0, 0.1) is 0 Å². The van der Waals surface area contributed by atoms with Gasteiger partial charge < -0.3 is 15.4 Å². The minimum atomic E-state index is 0.482. The number of aromatic nitrogens is 3. The Labute approximate surface area is 142 Å². The number of anilines is 1. The molecule has 0 amide bonds. The number of nitrogens with zero attached hydrogens (tertiary/aromatic N) is 3. The third kappa shape index (κ3) is 4.88. The molecule has 0 unspecified atom stereocenters. The highest BCUT2D eigenvalue weighted by Crippen LogP contribution is 2.16. The smallest absolute Gasteiger partial charge is 0.172 e. The molecular formula is C14H16BrN5OS. The summed E-state index contributed by atoms with van der Waals surface area (Å²) in [7, 11) is 0. The first-order valence-corrected chi connectivity index (χ1v) is 7.99. The lowest BCUT2D eigenvalue weighted by Crippen LogP contribution is -2.30. The molecule has 2 aromatic rings. The average Bonchev–Trinajstić information content (AvgIpc) is 2.51. The Kier molecular flexibility index (Phi) is 6.47. The number of pyridine rings is 1. The predicted molar refractivity (Wildman–Crippen MR) is 93.1 cm³/mol. The SMILES string of the molecule is CCOc1cccnc1CCNC(=S)Nc1nccnc1Br. The van der Waals surface area contributed by atoms with Crippen LogP contribution in [0.5, 0.6) is 5.75 Å². The first-order valence-electron chi connectivity index (χ1n) is 6.78. The van der Waals surface area contributed by atoms with Crippen molar-refractivity contribution in [2.24, 2.45) is 0 Å². The molecule has 2 aromatic heterocycles. The van der Waals surface area contributed by atoms with E-state index in [9.17, 15) is 0 Å². The highest BCUT2D eigenvalue weighted by atomic mass is 79.9. The van der Waals surface area contributed by atoms with Crippen molar-refractivity contribution in [1.82, 2.24) is 20.3 Å². The van der Waals surface area contributed by atoms with Crippen LogP contribution in [0.3, 0.4) is 0 Å². The number of hydrogen-bond donors (Lipinski definition) is 2. The van der Waals surface area contributed by atoms with Crippen molar-refractivity contribution in [3.05, 3.63) is 41.0 Å². The molecule has 0 saturated carbocycles. The second-order valence-corrected chi connectivity index (χ2v) is 5.37. The number of ether oxygens (including phenoxy) is 1. The number of hydrogen-bond acceptors (Lipinski definition) is 5. The molecule has 0 aliphatic carbocycles. The van der Waals surface area contributed by atoms with Crippen molar-refractivity contribution >= 4 is 39.1 Å². The van der Waals surface area contributed by atoms with Gasteiger partial charge in [-0.05, 0) is 47.2 Å². The third-order valence-corrected chi connectivity index (χ3v) is 3.51. The first kappa shape index (κ1) is 16.6. The van der Waals surface area contributed by atoms with E-state index < -0.39 is 0 Å². The fraction of sp³-hybridized carbons (Fsp3) is 0.286. The van der Waals surface area contributed by atoms with Gasteiger partial charge in [-0.25, -0.2) is 9.97 Å². The van der Waals surface area contributed by atoms with E-state index in [1.807, 2.05) is 19.1 Å². The zero-order valence-electron chi connectivity index (χ0n) is 12.0. The molecule has 0 aliphatic rings. The summed E-state index contributed by atoms with van der Waals surface area (Å²) in [6.45, 7) is 3.21. The van der Waals surface area contributed by atoms with Crippen LogP contribution < -0.4 is 15.4 Å². The van der Waals surface area contributed by atoms with Crippen LogP contribution in [0.25, 0.3) is 0 Å². The second-order valence-electron chi connectivity index (χ2n) is 4.21. The largest absolute Gasteiger partial charge is 0.492 e. The minimum Gasteiger partial charge on any atom is -0.492 e. The highest BCUT2D eigenvalue weighted by Gasteiger charge is 2.06. The Morgan fingerprint density at radius 1 is 1.27 bits per heavy atom. The molecule has 0 aromatic carbocycles. The monoisotopic (exact) mass is 381 g/mol. The maximum Gasteiger partial charge on any atom is 0.172 e. The zero-order valence-corrected chi connectivity index (χ0v) is 14.4. The van der Waals surface area contributed by atoms with E-state index in [4.69, 9.17) is 17.0 Å². The summed E-state index contributed by atoms with van der Waals surface area (Å²) in [5, 5.41) is 6.58. The normalized spacial score (nSPS) is 10.1. The van der Waals surface area contributed by atoms with Crippen LogP contribution in [0.2, 0.25) is 0 Å². The molecule has 2 heterocycles. The molecule has 0 radical (unpaired) electrons. The van der Waals surface area contributed by atoms with Crippen LogP contribution in [-0.4, -0.2) is 33.2 Å². The van der Waals surface area contributed by atoms with Crippen LogP contribution in [0.1, 0.15) is 12.6 Å². The topological polar surface area (TPSA) is 72.0 Å². The van der Waals surface area contributed by atoms with Crippen molar-refractivity contribution in [2.45, 2.75) is 13.3 Å². The summed E-state index contributed by atoms with van der Waals surface area (Å²) in [5.41, 5.74) is 0.903. The van der Waals surface area contributed by atoms with Crippen LogP contribution in [-0.2, 0) is 6.42 Å². The Hall–Kier alpha value is -1.80. The molecule has 0 bridgehead atoms. The molecule has 22 heavy (non-hydrogen) atoms. The lowest BCUT2D eigenvalue weighted by atomic mass is 10.2. The third-order valence-electron chi connectivity index (χ3n) is 2.68. The molecule has 116 valence electrons. The van der Waals surface area contributed by atoms with Gasteiger partial charge in [-0.1, -0.05) is 0 Å². The number of rotatable bonds is 6. The lowest BCUT2D eigenvalue weighted by Gasteiger charge is -2.12. The van der Waals surface area contributed by atoms with Gasteiger partial charge in [0.25, 0.3) is 0 Å². The average molecular weight is 382 g/mol. The second kappa shape index (κ2) is 8.60. The van der Waals surface area contributed by atoms with E-state index in [0.29, 0.717) is 35.1 Å². The first-order chi connectivity index (χ1) is 10.7. The summed E-state index contributed by atoms with van der Waals surface area (Å²) < 4.78 is 6.16. The Morgan fingerprint density at radius 2 is 2.09 bits per heavy atom. The van der Waals surface area contributed by atoms with E-state index in [0.717, 1.165) is 11.4 Å². The Balaban J connectivity index is 1.84. The van der Waals surface area contributed by atoms with Gasteiger partial charge in [-0.15, -0.1) is 0 Å². The molecule has 2 N–H and O–H groups in total. The molecule has 0 fully saturated rings. The zero-order chi connectivity index (χ0) is 15.8. The van der Waals surface area contributed by atoms with Crippen molar-refractivity contribution < 1.29 is 4.74 Å². The quantitative estimate of drug-likeness (QED) is 0.744. The van der Waals surface area contributed by atoms with Gasteiger partial charge in [0.1, 0.15) is 10.4 Å². The van der Waals surface area contributed by atoms with Gasteiger partial charge >= 0.3 is 0 Å². The maximum atomic E-state index is 5.54. The molecule has 6 nitrogen and oxygen atoms in total. The van der Waals surface area contributed by atoms with Gasteiger partial charge in [0.05, 0.1) is 12.3 Å². The fourth-order valence-electron chi connectivity index (χ4n) is 1.75. The summed E-state index contributed by atoms with van der Waals surface area (Å²) in [5.74, 6) is 1.38. The van der Waals surface area contributed by atoms with Gasteiger partial charge in [-0.2, -0.15) is 0 Å². The summed E-state index contributed by atoms with van der Waals surface area (Å²) in [6, 6.07) is 3.78. The molecule has 0 atom stereocenters. The number of thiocarbonyl (C=S) groups is 1. The Bertz CT molecular complexity index is 640. The van der Waals surface area contributed by atoms with E-state index in [-0.39, 0.29) is 0 Å². The van der Waals surface area contributed by atoms with Gasteiger partial charge in [0, 0.05) is 31.6 Å². The molecule has 0 aliphatic heterocycles. The van der Waals surface area contributed by atoms with Crippen LogP contribution in [0.4, 0.5) is 5.82 Å². The standard InChI is InChI=1S/C14H16BrN5OS/c1-2-21-11-4-3-6-16-10(11)5-7-19-14(22)20-13-12(15)17-8-9-18-13/h3-4,6,8-9H,2,5,7H2,1H3,(H2,18,19,20,22). The van der Waals surface area contributed by atoms with Crippen LogP contribution >= 0.6 is 28.1 Å². The maximum absolute atomic E-state index is 5.54. The molecule has 8 heteroatoms. The number of halogens is 1. The van der Waals surface area contributed by atoms with Gasteiger partial charge in [0.2, 0.25) is 0 Å². The summed E-state index contributed by atoms with van der Waals surface area (Å²) in [4.78, 5) is 12.5. The molecule has 0 spiro atoms. The van der Waals surface area contributed by atoms with Crippen molar-refractivity contribution in [3.8, 4) is 5.75 Å². The summed E-state index contributed by atoms with van der Waals surface area (Å²) in [6.07, 6.45) is 5.66. The van der Waals surface area contributed by atoms with Gasteiger partial charge in [0.15, 0.2) is 10.9 Å². The van der Waals surface area contributed by atoms with E-state index in [1.54, 1.807) is 18.6 Å². The lowest BCUT2D eigenvalue weighted by molar-refractivity contribution is 0.334. The van der Waals surface area contributed by atoms with E-state index >= 15 is 0 Å². The van der Waals surface area contributed by atoms with Crippen molar-refractivity contribution in [1.29, 1.82) is 0 Å². The predicted octanol–water partition coefficient (Wildman–Crippen LogP) is 2.56. The molecular weight excluding hydrogens is 366 g/mol. The number of nitrogens with one attached hydrogen (secondary N) is 2. The summed E-state index contributed by atoms with van der Waals surface area (Å²) >= 11 is 8.54. The van der Waals surface area contributed by atoms with Crippen molar-refractivity contribution in [3.63, 3.8) is 0 Å². The highest BCUT2D eigenvalue weighted by molar-refractivity contribution is 9.10. The van der Waals surface area contributed by atoms with Crippen LogP contribution in [0.15, 0.2) is 35.3 Å². The van der Waals surface area contributed by atoms with Gasteiger partial charge in [-0.3, -0.25) is 4.98 Å². The molecule has 2 rings (SSSR count). The van der Waals surface area contributed by atoms with E-state index in [2.05, 4.69) is 41.5 Å². The fourth-order valence-corrected chi connectivity index (χ4v) is 2.27. The minimum absolute atomic E-state index is 0.482.